The van der Waals surface area contributed by atoms with E-state index in [0.29, 0.717) is 0 Å². The third kappa shape index (κ3) is 3.00. The quantitative estimate of drug-likeness (QED) is 0.694. The predicted molar refractivity (Wildman–Crippen MR) is 56.4 cm³/mol. The van der Waals surface area contributed by atoms with Gasteiger partial charge in [0.1, 0.15) is 0 Å². The van der Waals surface area contributed by atoms with Crippen molar-refractivity contribution in [3.8, 4) is 0 Å². The molecule has 0 radical (unpaired) electrons. The molecule has 0 bridgehead atoms. The predicted octanol–water partition coefficient (Wildman–Crippen LogP) is 0.842. The summed E-state index contributed by atoms with van der Waals surface area (Å²) in [5.74, 6) is 2.73. The molecule has 1 saturated heterocycles. The van der Waals surface area contributed by atoms with Gasteiger partial charge in [-0.3, -0.25) is 0 Å². The second-order valence-corrected chi connectivity index (χ2v) is 6.47. The molecule has 2 unspecified atom stereocenters. The number of thioether (sulfide) groups is 2. The molecule has 0 aromatic carbocycles. The zero-order valence-electron chi connectivity index (χ0n) is 5.69. The van der Waals surface area contributed by atoms with Crippen molar-refractivity contribution in [2.45, 2.75) is 21.1 Å². The van der Waals surface area contributed by atoms with Crippen LogP contribution in [0.25, 0.3) is 0 Å². The van der Waals surface area contributed by atoms with Crippen LogP contribution < -0.4 is 0 Å². The normalized spacial score (nSPS) is 34.2. The van der Waals surface area contributed by atoms with Crippen molar-refractivity contribution in [2.75, 3.05) is 11.5 Å². The van der Waals surface area contributed by atoms with Gasteiger partial charge in [0.05, 0.1) is 0 Å². The summed E-state index contributed by atoms with van der Waals surface area (Å²) in [4.78, 5) is 0. The summed E-state index contributed by atoms with van der Waals surface area (Å²) in [6.07, 6.45) is 0. The zero-order chi connectivity index (χ0) is 7.40. The van der Waals surface area contributed by atoms with Gasteiger partial charge in [-0.25, -0.2) is 0 Å². The summed E-state index contributed by atoms with van der Waals surface area (Å²) >= 11 is 9.70. The molecule has 1 heterocycles. The third-order valence-corrected chi connectivity index (χ3v) is 7.59. The Hall–Kier alpha value is 1.74. The Bertz CT molecular complexity index is 79.7. The van der Waals surface area contributed by atoms with Crippen LogP contribution >= 0.6 is 23.5 Å². The molecule has 0 spiro atoms. The SMILES string of the molecule is [SeH]CC1CSC(C[SeH])CS1. The van der Waals surface area contributed by atoms with Crippen LogP contribution in [0.1, 0.15) is 0 Å². The summed E-state index contributed by atoms with van der Waals surface area (Å²) in [6, 6.07) is 0. The Balaban J connectivity index is 2.17. The topological polar surface area (TPSA) is 0 Å². The molecule has 0 saturated carbocycles. The molecule has 0 aromatic rings. The van der Waals surface area contributed by atoms with Gasteiger partial charge in [-0.05, 0) is 0 Å². The maximum absolute atomic E-state index is 2.70. The monoisotopic (exact) mass is 308 g/mol. The molecule has 1 fully saturated rings. The van der Waals surface area contributed by atoms with E-state index in [1.165, 1.54) is 22.1 Å². The van der Waals surface area contributed by atoms with E-state index in [1.807, 2.05) is 0 Å². The van der Waals surface area contributed by atoms with Crippen molar-refractivity contribution < 1.29 is 0 Å². The molecule has 1 rings (SSSR count). The molecule has 0 N–H and O–H groups in total. The van der Waals surface area contributed by atoms with Gasteiger partial charge in [0.2, 0.25) is 0 Å². The molecular weight excluding hydrogens is 294 g/mol. The Kier molecular flexibility index (Phi) is 5.30. The Morgan fingerprint density at radius 1 is 1.00 bits per heavy atom. The van der Waals surface area contributed by atoms with E-state index in [-0.39, 0.29) is 0 Å². The second kappa shape index (κ2) is 5.40. The molecule has 1 aliphatic heterocycles. The summed E-state index contributed by atoms with van der Waals surface area (Å²) < 4.78 is 0. The number of rotatable bonds is 2. The first-order chi connectivity index (χ1) is 4.86. The van der Waals surface area contributed by atoms with E-state index < -0.39 is 0 Å². The van der Waals surface area contributed by atoms with Gasteiger partial charge in [0.25, 0.3) is 0 Å². The van der Waals surface area contributed by atoms with Crippen LogP contribution in [0.4, 0.5) is 0 Å². The van der Waals surface area contributed by atoms with Crippen molar-refractivity contribution in [3.63, 3.8) is 0 Å². The summed E-state index contributed by atoms with van der Waals surface area (Å²) in [6.45, 7) is 0. The van der Waals surface area contributed by atoms with Gasteiger partial charge in [-0.2, -0.15) is 0 Å². The van der Waals surface area contributed by atoms with Crippen LogP contribution in [-0.2, 0) is 0 Å². The van der Waals surface area contributed by atoms with E-state index in [1.54, 1.807) is 0 Å². The zero-order valence-corrected chi connectivity index (χ0v) is 11.1. The van der Waals surface area contributed by atoms with Gasteiger partial charge in [-0.15, -0.1) is 0 Å². The molecule has 0 nitrogen and oxygen atoms in total. The van der Waals surface area contributed by atoms with Crippen molar-refractivity contribution >= 4 is 55.5 Å². The molecule has 0 amide bonds. The van der Waals surface area contributed by atoms with E-state index in [9.17, 15) is 0 Å². The molecule has 0 aliphatic carbocycles. The van der Waals surface area contributed by atoms with Crippen LogP contribution in [-0.4, -0.2) is 54.0 Å². The first-order valence-corrected chi connectivity index (χ1v) is 8.07. The third-order valence-electron chi connectivity index (χ3n) is 1.44. The Morgan fingerprint density at radius 3 is 1.60 bits per heavy atom. The summed E-state index contributed by atoms with van der Waals surface area (Å²) in [5, 5.41) is 4.41. The van der Waals surface area contributed by atoms with Crippen LogP contribution in [0, 0.1) is 0 Å². The van der Waals surface area contributed by atoms with Gasteiger partial charge in [-0.1, -0.05) is 0 Å². The van der Waals surface area contributed by atoms with Gasteiger partial charge in [0, 0.05) is 0 Å². The van der Waals surface area contributed by atoms with Gasteiger partial charge >= 0.3 is 88.2 Å². The van der Waals surface area contributed by atoms with E-state index in [4.69, 9.17) is 0 Å². The minimum absolute atomic E-state index is 0.917. The Morgan fingerprint density at radius 2 is 1.40 bits per heavy atom. The average Bonchev–Trinajstić information content (AvgIpc) is 2.05. The summed E-state index contributed by atoms with van der Waals surface area (Å²) in [5.41, 5.74) is 0. The molecule has 1 aliphatic rings. The van der Waals surface area contributed by atoms with Crippen LogP contribution in [0.5, 0.6) is 0 Å². The second-order valence-electron chi connectivity index (χ2n) is 2.28. The number of hydrogen-bond acceptors (Lipinski definition) is 2. The maximum atomic E-state index is 2.70. The standard InChI is InChI=1S/C6H12S2Se2/c9-3-5-1-7-6(4-10)2-8-5/h5-6,9-10H,1-4H2. The summed E-state index contributed by atoms with van der Waals surface area (Å²) in [7, 11) is 0. The van der Waals surface area contributed by atoms with Crippen molar-refractivity contribution in [2.24, 2.45) is 0 Å². The number of hydrogen-bond donors (Lipinski definition) is 0. The van der Waals surface area contributed by atoms with E-state index in [0.717, 1.165) is 10.5 Å². The fourth-order valence-corrected chi connectivity index (χ4v) is 6.08. The van der Waals surface area contributed by atoms with E-state index in [2.05, 4.69) is 55.5 Å². The molecular formula is C6H12S2Se2. The average molecular weight is 306 g/mol. The van der Waals surface area contributed by atoms with Crippen LogP contribution in [0.3, 0.4) is 0 Å². The fraction of sp³-hybridized carbons (Fsp3) is 1.00. The first kappa shape index (κ1) is 9.82. The van der Waals surface area contributed by atoms with Crippen molar-refractivity contribution in [3.05, 3.63) is 0 Å². The molecule has 2 atom stereocenters. The molecule has 0 aromatic heterocycles. The van der Waals surface area contributed by atoms with Crippen molar-refractivity contribution in [1.29, 1.82) is 0 Å². The fourth-order valence-electron chi connectivity index (χ4n) is 0.794. The van der Waals surface area contributed by atoms with Crippen molar-refractivity contribution in [1.82, 2.24) is 0 Å². The minimum atomic E-state index is 0.917. The van der Waals surface area contributed by atoms with Crippen LogP contribution in [0.2, 0.25) is 10.6 Å². The molecule has 10 heavy (non-hydrogen) atoms. The van der Waals surface area contributed by atoms with Crippen LogP contribution in [0.15, 0.2) is 0 Å². The first-order valence-electron chi connectivity index (χ1n) is 3.31. The van der Waals surface area contributed by atoms with Gasteiger partial charge in [0.15, 0.2) is 0 Å². The van der Waals surface area contributed by atoms with Gasteiger partial charge < -0.3 is 0 Å². The molecule has 4 heteroatoms. The molecule has 60 valence electrons. The van der Waals surface area contributed by atoms with E-state index >= 15 is 0 Å². The Labute approximate surface area is 87.7 Å².